The van der Waals surface area contributed by atoms with Crippen LogP contribution in [-0.4, -0.2) is 19.8 Å². The van der Waals surface area contributed by atoms with Gasteiger partial charge in [0.25, 0.3) is 0 Å². The number of nitrogens with one attached hydrogen (secondary N) is 1. The van der Waals surface area contributed by atoms with Crippen LogP contribution in [0.15, 0.2) is 29.2 Å². The maximum Gasteiger partial charge on any atom is 0.416 e. The summed E-state index contributed by atoms with van der Waals surface area (Å²) in [7, 11) is -3.94. The fraction of sp³-hybridized carbons (Fsp3) is 0.455. The molecule has 3 nitrogen and oxygen atoms in total. The summed E-state index contributed by atoms with van der Waals surface area (Å²) >= 11 is 3.17. The van der Waals surface area contributed by atoms with Crippen LogP contribution < -0.4 is 4.72 Å². The summed E-state index contributed by atoms with van der Waals surface area (Å²) in [5.41, 5.74) is -0.983. The van der Waals surface area contributed by atoms with Gasteiger partial charge in [-0.1, -0.05) is 22.0 Å². The van der Waals surface area contributed by atoms with Crippen LogP contribution in [0.4, 0.5) is 13.2 Å². The molecule has 0 amide bonds. The number of alkyl halides is 4. The van der Waals surface area contributed by atoms with Gasteiger partial charge in [-0.05, 0) is 31.5 Å². The number of halogens is 4. The lowest BCUT2D eigenvalue weighted by Gasteiger charge is -2.14. The van der Waals surface area contributed by atoms with E-state index in [2.05, 4.69) is 20.7 Å². The van der Waals surface area contributed by atoms with Gasteiger partial charge in [-0.15, -0.1) is 0 Å². The Kier molecular flexibility index (Phi) is 5.40. The summed E-state index contributed by atoms with van der Waals surface area (Å²) in [4.78, 5) is -0.385. The molecular formula is C11H13BrF3NO2S. The molecule has 0 aliphatic rings. The normalized spacial score (nSPS) is 14.4. The molecule has 0 saturated heterocycles. The summed E-state index contributed by atoms with van der Waals surface area (Å²) in [5.74, 6) is 0. The second kappa shape index (κ2) is 6.23. The van der Waals surface area contributed by atoms with E-state index in [-0.39, 0.29) is 10.9 Å². The van der Waals surface area contributed by atoms with Gasteiger partial charge in [-0.2, -0.15) is 13.2 Å². The Morgan fingerprint density at radius 1 is 1.37 bits per heavy atom. The van der Waals surface area contributed by atoms with Crippen molar-refractivity contribution in [2.45, 2.75) is 30.5 Å². The van der Waals surface area contributed by atoms with Gasteiger partial charge in [0, 0.05) is 11.4 Å². The van der Waals surface area contributed by atoms with Crippen molar-refractivity contribution in [2.24, 2.45) is 0 Å². The Morgan fingerprint density at radius 3 is 2.53 bits per heavy atom. The average Bonchev–Trinajstić information content (AvgIpc) is 2.27. The topological polar surface area (TPSA) is 46.2 Å². The van der Waals surface area contributed by atoms with Gasteiger partial charge in [0.1, 0.15) is 0 Å². The van der Waals surface area contributed by atoms with Crippen LogP contribution in [0.25, 0.3) is 0 Å². The quantitative estimate of drug-likeness (QED) is 0.820. The molecule has 1 rings (SSSR count). The van der Waals surface area contributed by atoms with Crippen molar-refractivity contribution in [1.82, 2.24) is 4.72 Å². The van der Waals surface area contributed by atoms with Crippen LogP contribution in [0.3, 0.4) is 0 Å². The van der Waals surface area contributed by atoms with E-state index in [9.17, 15) is 21.6 Å². The fourth-order valence-corrected chi connectivity index (χ4v) is 3.41. The third-order valence-electron chi connectivity index (χ3n) is 2.37. The number of sulfonamides is 1. The van der Waals surface area contributed by atoms with E-state index in [0.29, 0.717) is 17.8 Å². The van der Waals surface area contributed by atoms with E-state index >= 15 is 0 Å². The van der Waals surface area contributed by atoms with Gasteiger partial charge in [0.2, 0.25) is 10.0 Å². The third kappa shape index (κ3) is 4.77. The van der Waals surface area contributed by atoms with Gasteiger partial charge in [0.15, 0.2) is 0 Å². The summed E-state index contributed by atoms with van der Waals surface area (Å²) in [5, 5.41) is 0.597. The number of rotatable bonds is 5. The molecule has 1 atom stereocenters. The Hall–Kier alpha value is -0.600. The highest BCUT2D eigenvalue weighted by Gasteiger charge is 2.31. The second-order valence-corrected chi connectivity index (χ2v) is 6.53. The van der Waals surface area contributed by atoms with Gasteiger partial charge in [0.05, 0.1) is 10.5 Å². The molecule has 1 N–H and O–H groups in total. The summed E-state index contributed by atoms with van der Waals surface area (Å²) in [6, 6.07) is 3.31. The van der Waals surface area contributed by atoms with Gasteiger partial charge < -0.3 is 0 Å². The largest absolute Gasteiger partial charge is 0.416 e. The highest BCUT2D eigenvalue weighted by molar-refractivity contribution is 9.09. The lowest BCUT2D eigenvalue weighted by atomic mass is 10.2. The van der Waals surface area contributed by atoms with Crippen molar-refractivity contribution in [3.63, 3.8) is 0 Å². The Balaban J connectivity index is 3.02. The van der Waals surface area contributed by atoms with Crippen molar-refractivity contribution in [1.29, 1.82) is 0 Å². The Morgan fingerprint density at radius 2 is 2.00 bits per heavy atom. The first-order valence-electron chi connectivity index (χ1n) is 5.42. The Labute approximate surface area is 118 Å². The number of hydrogen-bond donors (Lipinski definition) is 1. The smallest absolute Gasteiger partial charge is 0.208 e. The first-order chi connectivity index (χ1) is 8.66. The maximum absolute atomic E-state index is 12.5. The van der Waals surface area contributed by atoms with E-state index in [0.717, 1.165) is 18.2 Å². The van der Waals surface area contributed by atoms with Gasteiger partial charge >= 0.3 is 6.18 Å². The zero-order chi connectivity index (χ0) is 14.7. The molecule has 0 spiro atoms. The molecule has 0 radical (unpaired) electrons. The molecule has 0 aliphatic carbocycles. The van der Waals surface area contributed by atoms with Crippen LogP contribution in [0.1, 0.15) is 18.9 Å². The highest BCUT2D eigenvalue weighted by Crippen LogP contribution is 2.30. The van der Waals surface area contributed by atoms with E-state index < -0.39 is 21.8 Å². The molecule has 1 aromatic rings. The molecule has 0 aliphatic heterocycles. The summed E-state index contributed by atoms with van der Waals surface area (Å²) in [6.45, 7) is 1.65. The van der Waals surface area contributed by atoms with Crippen LogP contribution >= 0.6 is 15.9 Å². The van der Waals surface area contributed by atoms with E-state index in [1.165, 1.54) is 0 Å². The minimum absolute atomic E-state index is 0.362. The van der Waals surface area contributed by atoms with Gasteiger partial charge in [-0.25, -0.2) is 13.1 Å². The monoisotopic (exact) mass is 359 g/mol. The van der Waals surface area contributed by atoms with E-state index in [4.69, 9.17) is 0 Å². The number of hydrogen-bond acceptors (Lipinski definition) is 2. The minimum Gasteiger partial charge on any atom is -0.208 e. The Bertz CT molecular complexity index is 531. The predicted octanol–water partition coefficient (Wildman–Crippen LogP) is 3.16. The summed E-state index contributed by atoms with van der Waals surface area (Å²) in [6.07, 6.45) is -4.02. The van der Waals surface area contributed by atoms with Crippen LogP contribution in [0.5, 0.6) is 0 Å². The lowest BCUT2D eigenvalue weighted by Crippen LogP contribution is -2.33. The molecule has 0 bridgehead atoms. The minimum atomic E-state index is -4.56. The molecule has 1 aromatic carbocycles. The van der Waals surface area contributed by atoms with Gasteiger partial charge in [-0.3, -0.25) is 0 Å². The molecule has 19 heavy (non-hydrogen) atoms. The highest BCUT2D eigenvalue weighted by atomic mass is 79.9. The SMILES string of the molecule is CC(CCBr)NS(=O)(=O)c1cccc(C(F)(F)F)c1. The van der Waals surface area contributed by atoms with Crippen LogP contribution in [0, 0.1) is 0 Å². The van der Waals surface area contributed by atoms with Crippen molar-refractivity contribution in [3.05, 3.63) is 29.8 Å². The molecule has 8 heteroatoms. The maximum atomic E-state index is 12.5. The first kappa shape index (κ1) is 16.5. The number of benzene rings is 1. The average molecular weight is 360 g/mol. The van der Waals surface area contributed by atoms with Crippen molar-refractivity contribution >= 4 is 26.0 Å². The fourth-order valence-electron chi connectivity index (χ4n) is 1.40. The molecule has 0 aromatic heterocycles. The summed E-state index contributed by atoms with van der Waals surface area (Å²) < 4.78 is 63.7. The van der Waals surface area contributed by atoms with Crippen LogP contribution in [-0.2, 0) is 16.2 Å². The zero-order valence-corrected chi connectivity index (χ0v) is 12.4. The van der Waals surface area contributed by atoms with Crippen LogP contribution in [0.2, 0.25) is 0 Å². The zero-order valence-electron chi connectivity index (χ0n) is 10.0. The van der Waals surface area contributed by atoms with E-state index in [1.54, 1.807) is 6.92 Å². The molecule has 108 valence electrons. The first-order valence-corrected chi connectivity index (χ1v) is 8.03. The molecule has 0 fully saturated rings. The predicted molar refractivity (Wildman–Crippen MR) is 69.6 cm³/mol. The standard InChI is InChI=1S/C11H13BrF3NO2S/c1-8(5-6-12)16-19(17,18)10-4-2-3-9(7-10)11(13,14)15/h2-4,7-8,16H,5-6H2,1H3. The second-order valence-electron chi connectivity index (χ2n) is 4.03. The van der Waals surface area contributed by atoms with Crippen molar-refractivity contribution in [2.75, 3.05) is 5.33 Å². The van der Waals surface area contributed by atoms with E-state index in [1.807, 2.05) is 0 Å². The molecule has 0 saturated carbocycles. The molecule has 1 unspecified atom stereocenters. The lowest BCUT2D eigenvalue weighted by molar-refractivity contribution is -0.137. The molecular weight excluding hydrogens is 347 g/mol. The van der Waals surface area contributed by atoms with Crippen molar-refractivity contribution in [3.8, 4) is 0 Å². The molecule has 0 heterocycles. The van der Waals surface area contributed by atoms with Crippen molar-refractivity contribution < 1.29 is 21.6 Å². The third-order valence-corrected chi connectivity index (χ3v) is 4.42.